The molecule has 164 valence electrons. The molecule has 0 aliphatic rings. The van der Waals surface area contributed by atoms with Crippen molar-refractivity contribution in [2.45, 2.75) is 64.5 Å². The van der Waals surface area contributed by atoms with Gasteiger partial charge in [-0.15, -0.1) is 0 Å². The molecule has 1 amide bonds. The van der Waals surface area contributed by atoms with Crippen molar-refractivity contribution in [3.8, 4) is 0 Å². The third-order valence-electron chi connectivity index (χ3n) is 6.07. The van der Waals surface area contributed by atoms with Gasteiger partial charge in [0.2, 0.25) is 5.91 Å². The summed E-state index contributed by atoms with van der Waals surface area (Å²) in [6, 6.07) is 21.6. The SMILES string of the molecule is CC(C)C([NH3+])CC[C@H]([NH3+])CNC(=O)C(CCc1ccccc1)CCc1ccccc1. The van der Waals surface area contributed by atoms with Crippen LogP contribution in [0.25, 0.3) is 0 Å². The first-order valence-electron chi connectivity index (χ1n) is 11.5. The van der Waals surface area contributed by atoms with Gasteiger partial charge >= 0.3 is 0 Å². The Morgan fingerprint density at radius 2 is 1.30 bits per heavy atom. The van der Waals surface area contributed by atoms with Crippen LogP contribution in [0.1, 0.15) is 50.7 Å². The fourth-order valence-electron chi connectivity index (χ4n) is 3.65. The number of aryl methyl sites for hydroxylation is 2. The molecule has 2 rings (SSSR count). The second kappa shape index (κ2) is 13.2. The molecule has 2 aromatic rings. The highest BCUT2D eigenvalue weighted by atomic mass is 16.1. The minimum absolute atomic E-state index is 0.0221. The monoisotopic (exact) mass is 411 g/mol. The molecule has 0 spiro atoms. The second-order valence-electron chi connectivity index (χ2n) is 8.94. The van der Waals surface area contributed by atoms with Crippen LogP contribution in [0.3, 0.4) is 0 Å². The van der Waals surface area contributed by atoms with E-state index in [1.54, 1.807) is 0 Å². The first-order valence-corrected chi connectivity index (χ1v) is 11.5. The topological polar surface area (TPSA) is 84.4 Å². The van der Waals surface area contributed by atoms with Crippen LogP contribution in [0.4, 0.5) is 0 Å². The van der Waals surface area contributed by atoms with Crippen molar-refractivity contribution in [1.82, 2.24) is 5.32 Å². The Morgan fingerprint density at radius 1 is 0.800 bits per heavy atom. The minimum atomic E-state index is 0.0221. The molecule has 7 N–H and O–H groups in total. The number of nitrogens with one attached hydrogen (secondary N) is 1. The van der Waals surface area contributed by atoms with Gasteiger partial charge in [0.25, 0.3) is 0 Å². The van der Waals surface area contributed by atoms with Gasteiger partial charge in [0.1, 0.15) is 6.04 Å². The third-order valence-corrected chi connectivity index (χ3v) is 6.07. The highest BCUT2D eigenvalue weighted by Gasteiger charge is 2.21. The Balaban J connectivity index is 1.86. The molecule has 4 heteroatoms. The van der Waals surface area contributed by atoms with Crippen LogP contribution in [0.15, 0.2) is 60.7 Å². The maximum Gasteiger partial charge on any atom is 0.223 e. The molecule has 0 saturated carbocycles. The molecule has 0 heterocycles. The van der Waals surface area contributed by atoms with Crippen LogP contribution < -0.4 is 16.8 Å². The lowest BCUT2D eigenvalue weighted by molar-refractivity contribution is -0.445. The predicted octanol–water partition coefficient (Wildman–Crippen LogP) is 2.64. The fraction of sp³-hybridized carbons (Fsp3) is 0.500. The van der Waals surface area contributed by atoms with Gasteiger partial charge in [0.15, 0.2) is 0 Å². The van der Waals surface area contributed by atoms with Crippen molar-refractivity contribution < 1.29 is 16.3 Å². The van der Waals surface area contributed by atoms with Gasteiger partial charge < -0.3 is 16.8 Å². The molecule has 0 saturated heterocycles. The average Bonchev–Trinajstić information content (AvgIpc) is 2.77. The van der Waals surface area contributed by atoms with Crippen molar-refractivity contribution in [1.29, 1.82) is 0 Å². The number of carbonyl (C=O) groups is 1. The van der Waals surface area contributed by atoms with E-state index in [4.69, 9.17) is 0 Å². The van der Waals surface area contributed by atoms with Crippen LogP contribution in [0.5, 0.6) is 0 Å². The highest BCUT2D eigenvalue weighted by molar-refractivity contribution is 5.78. The third kappa shape index (κ3) is 9.10. The summed E-state index contributed by atoms with van der Waals surface area (Å²) in [4.78, 5) is 13.0. The maximum absolute atomic E-state index is 13.0. The molecule has 0 aliphatic carbocycles. The molecular weight excluding hydrogens is 370 g/mol. The summed E-state index contributed by atoms with van der Waals surface area (Å²) in [5.41, 5.74) is 11.1. The van der Waals surface area contributed by atoms with E-state index in [0.717, 1.165) is 38.5 Å². The van der Waals surface area contributed by atoms with Crippen molar-refractivity contribution in [2.24, 2.45) is 11.8 Å². The maximum atomic E-state index is 13.0. The van der Waals surface area contributed by atoms with Crippen LogP contribution in [0, 0.1) is 11.8 Å². The van der Waals surface area contributed by atoms with Crippen LogP contribution >= 0.6 is 0 Å². The first-order chi connectivity index (χ1) is 14.5. The molecule has 0 aliphatic heterocycles. The zero-order valence-corrected chi connectivity index (χ0v) is 18.9. The standard InChI is InChI=1S/C26H39N3O/c1-20(2)25(28)18-17-24(27)19-29-26(30)23(15-13-21-9-5-3-6-10-21)16-14-22-11-7-4-8-12-22/h3-12,20,23-25H,13-19,27-28H2,1-2H3,(H,29,30)/p+2/t24-,25?/m0/s1. The smallest absolute Gasteiger partial charge is 0.223 e. The summed E-state index contributed by atoms with van der Waals surface area (Å²) in [5.74, 6) is 0.784. The van der Waals surface area contributed by atoms with Crippen LogP contribution in [0.2, 0.25) is 0 Å². The zero-order valence-electron chi connectivity index (χ0n) is 18.9. The largest absolute Gasteiger partial charge is 0.355 e. The predicted molar refractivity (Wildman–Crippen MR) is 123 cm³/mol. The quantitative estimate of drug-likeness (QED) is 0.465. The molecule has 30 heavy (non-hydrogen) atoms. The molecule has 0 fully saturated rings. The summed E-state index contributed by atoms with van der Waals surface area (Å²) >= 11 is 0. The Kier molecular flexibility index (Phi) is 10.6. The molecule has 0 radical (unpaired) electrons. The summed E-state index contributed by atoms with van der Waals surface area (Å²) in [6.45, 7) is 5.07. The molecule has 4 nitrogen and oxygen atoms in total. The summed E-state index contributed by atoms with van der Waals surface area (Å²) in [7, 11) is 0. The Hall–Kier alpha value is -2.17. The molecular formula is C26H41N3O+2. The van der Waals surface area contributed by atoms with E-state index >= 15 is 0 Å². The lowest BCUT2D eigenvalue weighted by Gasteiger charge is -2.19. The lowest BCUT2D eigenvalue weighted by Crippen LogP contribution is -2.68. The Morgan fingerprint density at radius 3 is 1.77 bits per heavy atom. The summed E-state index contributed by atoms with van der Waals surface area (Å²) in [5, 5.41) is 3.19. The molecule has 0 aromatic heterocycles. The number of benzene rings is 2. The van der Waals surface area contributed by atoms with Gasteiger partial charge in [-0.3, -0.25) is 4.79 Å². The number of quaternary nitrogens is 2. The van der Waals surface area contributed by atoms with E-state index < -0.39 is 0 Å². The van der Waals surface area contributed by atoms with E-state index in [1.807, 2.05) is 12.1 Å². The number of hydrogen-bond acceptors (Lipinski definition) is 1. The number of hydrogen-bond donors (Lipinski definition) is 3. The first kappa shape index (κ1) is 24.1. The summed E-state index contributed by atoms with van der Waals surface area (Å²) < 4.78 is 0. The highest BCUT2D eigenvalue weighted by Crippen LogP contribution is 2.17. The average molecular weight is 412 g/mol. The van der Waals surface area contributed by atoms with Gasteiger partial charge in [0, 0.05) is 24.7 Å². The van der Waals surface area contributed by atoms with Crippen molar-refractivity contribution in [2.75, 3.05) is 6.54 Å². The van der Waals surface area contributed by atoms with Gasteiger partial charge in [-0.05, 0) is 36.8 Å². The van der Waals surface area contributed by atoms with Crippen LogP contribution in [-0.4, -0.2) is 24.5 Å². The van der Waals surface area contributed by atoms with Gasteiger partial charge in [0.05, 0.1) is 12.6 Å². The van der Waals surface area contributed by atoms with Gasteiger partial charge in [-0.2, -0.15) is 0 Å². The Bertz CT molecular complexity index is 674. The van der Waals surface area contributed by atoms with Gasteiger partial charge in [-0.25, -0.2) is 0 Å². The van der Waals surface area contributed by atoms with Crippen molar-refractivity contribution in [3.63, 3.8) is 0 Å². The number of rotatable bonds is 13. The molecule has 2 atom stereocenters. The minimum Gasteiger partial charge on any atom is -0.355 e. The van der Waals surface area contributed by atoms with Gasteiger partial charge in [-0.1, -0.05) is 74.5 Å². The normalized spacial score (nSPS) is 13.4. The van der Waals surface area contributed by atoms with Crippen molar-refractivity contribution in [3.05, 3.63) is 71.8 Å². The molecule has 0 bridgehead atoms. The van der Waals surface area contributed by atoms with E-state index in [0.29, 0.717) is 18.5 Å². The fourth-order valence-corrected chi connectivity index (χ4v) is 3.65. The Labute approximate surface area is 182 Å². The van der Waals surface area contributed by atoms with E-state index in [9.17, 15) is 4.79 Å². The number of carbonyl (C=O) groups excluding carboxylic acids is 1. The second-order valence-corrected chi connectivity index (χ2v) is 8.94. The number of amides is 1. The molecule has 2 aromatic carbocycles. The van der Waals surface area contributed by atoms with E-state index in [2.05, 4.69) is 79.2 Å². The van der Waals surface area contributed by atoms with E-state index in [1.165, 1.54) is 11.1 Å². The lowest BCUT2D eigenvalue weighted by atomic mass is 9.92. The molecule has 1 unspecified atom stereocenters. The summed E-state index contributed by atoms with van der Waals surface area (Å²) in [6.07, 6.45) is 5.67. The van der Waals surface area contributed by atoms with Crippen molar-refractivity contribution >= 4 is 5.91 Å². The zero-order chi connectivity index (χ0) is 21.8. The van der Waals surface area contributed by atoms with E-state index in [-0.39, 0.29) is 17.9 Å². The van der Waals surface area contributed by atoms with Crippen LogP contribution in [-0.2, 0) is 17.6 Å².